The van der Waals surface area contributed by atoms with Crippen LogP contribution in [0.4, 0.5) is 10.1 Å². The highest BCUT2D eigenvalue weighted by molar-refractivity contribution is 7.88. The second kappa shape index (κ2) is 10.2. The van der Waals surface area contributed by atoms with Crippen LogP contribution in [0.3, 0.4) is 0 Å². The molecule has 2 aliphatic rings. The number of piperazine rings is 1. The third-order valence-electron chi connectivity index (χ3n) is 6.33. The lowest BCUT2D eigenvalue weighted by atomic mass is 9.96. The maximum Gasteiger partial charge on any atom is 0.225 e. The lowest BCUT2D eigenvalue weighted by Crippen LogP contribution is -2.52. The first-order valence-electron chi connectivity index (χ1n) is 10.9. The summed E-state index contributed by atoms with van der Waals surface area (Å²) >= 11 is 12.0. The topological polar surface area (TPSA) is 60.9 Å². The normalized spacial score (nSPS) is 18.5. The van der Waals surface area contributed by atoms with Crippen LogP contribution in [0.5, 0.6) is 0 Å². The van der Waals surface area contributed by atoms with E-state index in [1.54, 1.807) is 24.3 Å². The molecule has 0 spiro atoms. The maximum atomic E-state index is 13.1. The van der Waals surface area contributed by atoms with Crippen LogP contribution in [0.2, 0.25) is 10.0 Å². The van der Waals surface area contributed by atoms with Crippen LogP contribution in [0.25, 0.3) is 0 Å². The van der Waals surface area contributed by atoms with Crippen LogP contribution < -0.4 is 4.90 Å². The number of rotatable bonds is 5. The molecule has 2 saturated heterocycles. The number of amides is 1. The number of sulfonamides is 1. The number of carbonyl (C=O) groups is 1. The standard InChI is InChI=1S/C23H26Cl2FN3O3S/c24-19-2-1-18(22(25)15-19)16-33(31,32)29-9-7-17(8-10-29)23(30)28-13-11-27(12-14-28)21-5-3-20(26)4-6-21/h1-6,15,17H,7-14,16H2. The van der Waals surface area contributed by atoms with Crippen molar-refractivity contribution in [2.24, 2.45) is 5.92 Å². The third kappa shape index (κ3) is 5.80. The second-order valence-electron chi connectivity index (χ2n) is 8.45. The highest BCUT2D eigenvalue weighted by Gasteiger charge is 2.34. The predicted molar refractivity (Wildman–Crippen MR) is 129 cm³/mol. The van der Waals surface area contributed by atoms with Gasteiger partial charge in [-0.1, -0.05) is 29.3 Å². The van der Waals surface area contributed by atoms with Crippen molar-refractivity contribution in [2.75, 3.05) is 44.2 Å². The second-order valence-corrected chi connectivity index (χ2v) is 11.3. The lowest BCUT2D eigenvalue weighted by molar-refractivity contribution is -0.137. The average molecular weight is 514 g/mol. The van der Waals surface area contributed by atoms with Gasteiger partial charge in [0, 0.05) is 60.9 Å². The number of benzene rings is 2. The SMILES string of the molecule is O=C(C1CCN(S(=O)(=O)Cc2ccc(Cl)cc2Cl)CC1)N1CCN(c2ccc(F)cc2)CC1. The molecule has 4 rings (SSSR count). The van der Waals surface area contributed by atoms with Crippen molar-refractivity contribution in [3.05, 3.63) is 63.9 Å². The summed E-state index contributed by atoms with van der Waals surface area (Å²) in [5.41, 5.74) is 1.46. The van der Waals surface area contributed by atoms with Gasteiger partial charge in [-0.15, -0.1) is 0 Å². The Hall–Kier alpha value is -1.87. The third-order valence-corrected chi connectivity index (χ3v) is 8.75. The van der Waals surface area contributed by atoms with E-state index in [4.69, 9.17) is 23.2 Å². The largest absolute Gasteiger partial charge is 0.368 e. The molecule has 10 heteroatoms. The Kier molecular flexibility index (Phi) is 7.48. The molecule has 0 atom stereocenters. The highest BCUT2D eigenvalue weighted by atomic mass is 35.5. The molecule has 0 aliphatic carbocycles. The zero-order valence-corrected chi connectivity index (χ0v) is 20.4. The minimum atomic E-state index is -3.54. The number of carbonyl (C=O) groups excluding carboxylic acids is 1. The van der Waals surface area contributed by atoms with Gasteiger partial charge in [-0.2, -0.15) is 0 Å². The molecule has 33 heavy (non-hydrogen) atoms. The van der Waals surface area contributed by atoms with E-state index < -0.39 is 10.0 Å². The molecular formula is C23H26Cl2FN3O3S. The molecule has 0 bridgehead atoms. The minimum absolute atomic E-state index is 0.0894. The van der Waals surface area contributed by atoms with Crippen molar-refractivity contribution in [3.8, 4) is 0 Å². The quantitative estimate of drug-likeness (QED) is 0.605. The molecule has 2 aliphatic heterocycles. The molecule has 0 aromatic heterocycles. The molecule has 1 amide bonds. The first kappa shape index (κ1) is 24.3. The highest BCUT2D eigenvalue weighted by Crippen LogP contribution is 2.27. The number of halogens is 3. The number of nitrogens with zero attached hydrogens (tertiary/aromatic N) is 3. The van der Waals surface area contributed by atoms with Crippen molar-refractivity contribution < 1.29 is 17.6 Å². The number of anilines is 1. The first-order chi connectivity index (χ1) is 15.7. The maximum absolute atomic E-state index is 13.1. The summed E-state index contributed by atoms with van der Waals surface area (Å²) in [6, 6.07) is 11.2. The molecule has 2 aromatic carbocycles. The Morgan fingerprint density at radius 2 is 1.58 bits per heavy atom. The molecule has 0 unspecified atom stereocenters. The number of hydrogen-bond acceptors (Lipinski definition) is 4. The van der Waals surface area contributed by atoms with Gasteiger partial charge in [-0.25, -0.2) is 17.1 Å². The summed E-state index contributed by atoms with van der Waals surface area (Å²) in [6.07, 6.45) is 1.01. The zero-order chi connectivity index (χ0) is 23.6. The number of piperidine rings is 1. The number of hydrogen-bond donors (Lipinski definition) is 0. The van der Waals surface area contributed by atoms with Crippen molar-refractivity contribution in [1.82, 2.24) is 9.21 Å². The van der Waals surface area contributed by atoms with E-state index in [1.807, 2.05) is 4.90 Å². The van der Waals surface area contributed by atoms with Crippen molar-refractivity contribution in [3.63, 3.8) is 0 Å². The van der Waals surface area contributed by atoms with E-state index in [-0.39, 0.29) is 23.4 Å². The van der Waals surface area contributed by atoms with E-state index in [1.165, 1.54) is 22.5 Å². The molecule has 2 heterocycles. The van der Waals surface area contributed by atoms with Crippen LogP contribution >= 0.6 is 23.2 Å². The fraction of sp³-hybridized carbons (Fsp3) is 0.435. The van der Waals surface area contributed by atoms with Crippen molar-refractivity contribution >= 4 is 44.8 Å². The molecule has 0 saturated carbocycles. The minimum Gasteiger partial charge on any atom is -0.368 e. The Labute approximate surface area is 203 Å². The van der Waals surface area contributed by atoms with Crippen LogP contribution in [-0.4, -0.2) is 62.8 Å². The van der Waals surface area contributed by atoms with Gasteiger partial charge in [0.25, 0.3) is 0 Å². The lowest BCUT2D eigenvalue weighted by Gasteiger charge is -2.39. The van der Waals surface area contributed by atoms with Crippen molar-refractivity contribution in [1.29, 1.82) is 0 Å². The van der Waals surface area contributed by atoms with Gasteiger partial charge in [-0.3, -0.25) is 4.79 Å². The van der Waals surface area contributed by atoms with Crippen molar-refractivity contribution in [2.45, 2.75) is 18.6 Å². The van der Waals surface area contributed by atoms with Gasteiger partial charge in [0.05, 0.1) is 5.75 Å². The predicted octanol–water partition coefficient (Wildman–Crippen LogP) is 4.02. The van der Waals surface area contributed by atoms with Gasteiger partial charge in [0.2, 0.25) is 15.9 Å². The summed E-state index contributed by atoms with van der Waals surface area (Å²) in [7, 11) is -3.54. The summed E-state index contributed by atoms with van der Waals surface area (Å²) in [5.74, 6) is -0.538. The molecule has 2 fully saturated rings. The Morgan fingerprint density at radius 3 is 2.18 bits per heavy atom. The summed E-state index contributed by atoms with van der Waals surface area (Å²) in [5, 5.41) is 0.787. The molecule has 0 radical (unpaired) electrons. The molecular weight excluding hydrogens is 488 g/mol. The van der Waals surface area contributed by atoms with E-state index in [9.17, 15) is 17.6 Å². The zero-order valence-electron chi connectivity index (χ0n) is 18.1. The van der Waals surface area contributed by atoms with Gasteiger partial charge in [0.15, 0.2) is 0 Å². The van der Waals surface area contributed by atoms with Crippen LogP contribution in [0.1, 0.15) is 18.4 Å². The van der Waals surface area contributed by atoms with Gasteiger partial charge in [0.1, 0.15) is 5.82 Å². The summed E-state index contributed by atoms with van der Waals surface area (Å²) in [4.78, 5) is 17.0. The van der Waals surface area contributed by atoms with Crippen LogP contribution in [-0.2, 0) is 20.6 Å². The Balaban J connectivity index is 1.28. The Morgan fingerprint density at radius 1 is 0.939 bits per heavy atom. The average Bonchev–Trinajstić information content (AvgIpc) is 2.81. The Bertz CT molecular complexity index is 1100. The van der Waals surface area contributed by atoms with E-state index in [0.717, 1.165) is 5.69 Å². The summed E-state index contributed by atoms with van der Waals surface area (Å²) in [6.45, 7) is 3.21. The molecule has 178 valence electrons. The molecule has 2 aromatic rings. The first-order valence-corrected chi connectivity index (χ1v) is 13.3. The monoisotopic (exact) mass is 513 g/mol. The van der Waals surface area contributed by atoms with Gasteiger partial charge in [-0.05, 0) is 54.8 Å². The van der Waals surface area contributed by atoms with E-state index in [2.05, 4.69) is 4.90 Å². The van der Waals surface area contributed by atoms with Crippen LogP contribution in [0, 0.1) is 11.7 Å². The van der Waals surface area contributed by atoms with Gasteiger partial charge >= 0.3 is 0 Å². The van der Waals surface area contributed by atoms with Crippen LogP contribution in [0.15, 0.2) is 42.5 Å². The van der Waals surface area contributed by atoms with Gasteiger partial charge < -0.3 is 9.80 Å². The van der Waals surface area contributed by atoms with E-state index in [0.29, 0.717) is 67.7 Å². The smallest absolute Gasteiger partial charge is 0.225 e. The fourth-order valence-electron chi connectivity index (χ4n) is 4.40. The summed E-state index contributed by atoms with van der Waals surface area (Å²) < 4.78 is 40.3. The molecule has 6 nitrogen and oxygen atoms in total. The fourth-order valence-corrected chi connectivity index (χ4v) is 6.55. The van der Waals surface area contributed by atoms with E-state index >= 15 is 0 Å². The molecule has 0 N–H and O–H groups in total.